The Morgan fingerprint density at radius 1 is 1.44 bits per heavy atom. The quantitative estimate of drug-likeness (QED) is 0.927. The second-order valence-corrected chi connectivity index (χ2v) is 4.73. The zero-order valence-corrected chi connectivity index (χ0v) is 11.0. The van der Waals surface area contributed by atoms with Crippen molar-refractivity contribution in [3.63, 3.8) is 0 Å². The van der Waals surface area contributed by atoms with Gasteiger partial charge in [0.25, 0.3) is 0 Å². The van der Waals surface area contributed by atoms with E-state index in [9.17, 15) is 0 Å². The molecule has 1 atom stereocenters. The lowest BCUT2D eigenvalue weighted by Gasteiger charge is -2.14. The Bertz CT molecular complexity index is 510. The summed E-state index contributed by atoms with van der Waals surface area (Å²) in [6.45, 7) is 0. The number of rotatable bonds is 2. The molecule has 1 aromatic carbocycles. The summed E-state index contributed by atoms with van der Waals surface area (Å²) in [4.78, 5) is 0. The molecule has 0 aliphatic rings. The van der Waals surface area contributed by atoms with Crippen molar-refractivity contribution in [2.45, 2.75) is 6.04 Å². The van der Waals surface area contributed by atoms with E-state index in [2.05, 4.69) is 21.0 Å². The summed E-state index contributed by atoms with van der Waals surface area (Å²) in [5, 5.41) is 4.75. The highest BCUT2D eigenvalue weighted by Gasteiger charge is 2.16. The highest BCUT2D eigenvalue weighted by molar-refractivity contribution is 9.10. The van der Waals surface area contributed by atoms with E-state index in [1.54, 1.807) is 10.9 Å². The van der Waals surface area contributed by atoms with Crippen molar-refractivity contribution < 1.29 is 0 Å². The molecule has 84 valence electrons. The summed E-state index contributed by atoms with van der Waals surface area (Å²) < 4.78 is 2.60. The number of aromatic nitrogens is 2. The molecule has 5 heteroatoms. The average Bonchev–Trinajstić information content (AvgIpc) is 2.68. The van der Waals surface area contributed by atoms with E-state index in [-0.39, 0.29) is 6.04 Å². The van der Waals surface area contributed by atoms with Gasteiger partial charge in [0.1, 0.15) is 0 Å². The van der Waals surface area contributed by atoms with E-state index in [0.717, 1.165) is 15.7 Å². The lowest BCUT2D eigenvalue weighted by molar-refractivity contribution is 0.673. The minimum atomic E-state index is -0.266. The van der Waals surface area contributed by atoms with Gasteiger partial charge in [-0.25, -0.2) is 0 Å². The first kappa shape index (κ1) is 11.6. The Labute approximate surface area is 107 Å². The second-order valence-electron chi connectivity index (χ2n) is 3.50. The van der Waals surface area contributed by atoms with Gasteiger partial charge in [0.2, 0.25) is 0 Å². The number of halogens is 2. The van der Waals surface area contributed by atoms with E-state index in [1.807, 2.05) is 31.3 Å². The number of benzene rings is 1. The number of hydrogen-bond donors (Lipinski definition) is 1. The molecule has 0 amide bonds. The lowest BCUT2D eigenvalue weighted by Crippen LogP contribution is -2.16. The number of nitrogens with two attached hydrogens (primary N) is 1. The number of nitrogens with zero attached hydrogens (tertiary/aromatic N) is 2. The fraction of sp³-hybridized carbons (Fsp3) is 0.182. The van der Waals surface area contributed by atoms with Gasteiger partial charge in [-0.3, -0.25) is 4.68 Å². The SMILES string of the molecule is Cn1nccc1C(N)c1cccc(Br)c1Cl. The maximum atomic E-state index is 6.20. The maximum Gasteiger partial charge on any atom is 0.0738 e. The molecule has 2 N–H and O–H groups in total. The molecule has 1 unspecified atom stereocenters. The topological polar surface area (TPSA) is 43.8 Å². The maximum absolute atomic E-state index is 6.20. The zero-order valence-electron chi connectivity index (χ0n) is 8.69. The second kappa shape index (κ2) is 4.57. The summed E-state index contributed by atoms with van der Waals surface area (Å²) in [6, 6.07) is 7.35. The van der Waals surface area contributed by atoms with E-state index in [1.165, 1.54) is 0 Å². The summed E-state index contributed by atoms with van der Waals surface area (Å²) in [6.07, 6.45) is 1.72. The van der Waals surface area contributed by atoms with Crippen molar-refractivity contribution in [3.8, 4) is 0 Å². The van der Waals surface area contributed by atoms with Crippen molar-refractivity contribution >= 4 is 27.5 Å². The molecule has 2 aromatic rings. The van der Waals surface area contributed by atoms with Crippen LogP contribution in [0.15, 0.2) is 34.9 Å². The molecule has 1 heterocycles. The minimum absolute atomic E-state index is 0.266. The first-order valence-electron chi connectivity index (χ1n) is 4.78. The van der Waals surface area contributed by atoms with Crippen LogP contribution < -0.4 is 5.73 Å². The van der Waals surface area contributed by atoms with Crippen LogP contribution in [0.5, 0.6) is 0 Å². The van der Waals surface area contributed by atoms with Crippen molar-refractivity contribution in [2.75, 3.05) is 0 Å². The Balaban J connectivity index is 2.46. The van der Waals surface area contributed by atoms with E-state index < -0.39 is 0 Å². The fourth-order valence-corrected chi connectivity index (χ4v) is 2.23. The number of hydrogen-bond acceptors (Lipinski definition) is 2. The van der Waals surface area contributed by atoms with Crippen LogP contribution >= 0.6 is 27.5 Å². The monoisotopic (exact) mass is 299 g/mol. The Morgan fingerprint density at radius 2 is 2.19 bits per heavy atom. The summed E-state index contributed by atoms with van der Waals surface area (Å²) in [7, 11) is 1.86. The molecule has 0 aliphatic heterocycles. The average molecular weight is 301 g/mol. The van der Waals surface area contributed by atoms with Gasteiger partial charge in [0, 0.05) is 17.7 Å². The Hall–Kier alpha value is -0.840. The Morgan fingerprint density at radius 3 is 2.81 bits per heavy atom. The van der Waals surface area contributed by atoms with Crippen LogP contribution in [0, 0.1) is 0 Å². The largest absolute Gasteiger partial charge is 0.319 e. The van der Waals surface area contributed by atoms with Crippen LogP contribution in [0.2, 0.25) is 5.02 Å². The van der Waals surface area contributed by atoms with E-state index in [0.29, 0.717) is 5.02 Å². The molecule has 0 radical (unpaired) electrons. The van der Waals surface area contributed by atoms with Crippen LogP contribution in [-0.4, -0.2) is 9.78 Å². The fourth-order valence-electron chi connectivity index (χ4n) is 1.61. The zero-order chi connectivity index (χ0) is 11.7. The first-order valence-corrected chi connectivity index (χ1v) is 5.95. The number of aryl methyl sites for hydroxylation is 1. The molecule has 0 bridgehead atoms. The predicted octanol–water partition coefficient (Wildman–Crippen LogP) is 2.88. The summed E-state index contributed by atoms with van der Waals surface area (Å²) in [5.74, 6) is 0. The first-order chi connectivity index (χ1) is 7.61. The molecular weight excluding hydrogens is 289 g/mol. The van der Waals surface area contributed by atoms with E-state index >= 15 is 0 Å². The van der Waals surface area contributed by atoms with Crippen molar-refractivity contribution in [1.82, 2.24) is 9.78 Å². The van der Waals surface area contributed by atoms with Crippen LogP contribution in [0.4, 0.5) is 0 Å². The van der Waals surface area contributed by atoms with Gasteiger partial charge in [-0.15, -0.1) is 0 Å². The molecule has 0 saturated heterocycles. The highest BCUT2D eigenvalue weighted by Crippen LogP contribution is 2.31. The van der Waals surface area contributed by atoms with Crippen LogP contribution in [0.1, 0.15) is 17.3 Å². The standard InChI is InChI=1S/C11H11BrClN3/c1-16-9(5-6-15-16)11(14)7-3-2-4-8(12)10(7)13/h2-6,11H,14H2,1H3. The van der Waals surface area contributed by atoms with Crippen molar-refractivity contribution in [3.05, 3.63) is 51.2 Å². The third-order valence-electron chi connectivity index (χ3n) is 2.49. The molecule has 1 aromatic heterocycles. The van der Waals surface area contributed by atoms with Crippen LogP contribution in [0.3, 0.4) is 0 Å². The van der Waals surface area contributed by atoms with Gasteiger partial charge in [-0.1, -0.05) is 23.7 Å². The van der Waals surface area contributed by atoms with Gasteiger partial charge in [0.15, 0.2) is 0 Å². The molecule has 0 saturated carbocycles. The van der Waals surface area contributed by atoms with Gasteiger partial charge in [0.05, 0.1) is 16.8 Å². The molecule has 16 heavy (non-hydrogen) atoms. The lowest BCUT2D eigenvalue weighted by atomic mass is 10.0. The third-order valence-corrected chi connectivity index (χ3v) is 3.80. The minimum Gasteiger partial charge on any atom is -0.319 e. The van der Waals surface area contributed by atoms with Crippen LogP contribution in [0.25, 0.3) is 0 Å². The van der Waals surface area contributed by atoms with E-state index in [4.69, 9.17) is 17.3 Å². The molecule has 0 fully saturated rings. The highest BCUT2D eigenvalue weighted by atomic mass is 79.9. The third kappa shape index (κ3) is 2.00. The predicted molar refractivity (Wildman–Crippen MR) is 68.4 cm³/mol. The summed E-state index contributed by atoms with van der Waals surface area (Å²) in [5.41, 5.74) is 7.98. The van der Waals surface area contributed by atoms with Gasteiger partial charge < -0.3 is 5.73 Å². The van der Waals surface area contributed by atoms with Crippen molar-refractivity contribution in [1.29, 1.82) is 0 Å². The molecule has 0 spiro atoms. The van der Waals surface area contributed by atoms with Gasteiger partial charge in [-0.05, 0) is 33.6 Å². The molecule has 0 aliphatic carbocycles. The van der Waals surface area contributed by atoms with Crippen molar-refractivity contribution in [2.24, 2.45) is 12.8 Å². The normalized spacial score (nSPS) is 12.8. The van der Waals surface area contributed by atoms with Crippen LogP contribution in [-0.2, 0) is 7.05 Å². The summed E-state index contributed by atoms with van der Waals surface area (Å²) >= 11 is 9.59. The molecular formula is C11H11BrClN3. The Kier molecular flexibility index (Phi) is 3.33. The van der Waals surface area contributed by atoms with Gasteiger partial charge >= 0.3 is 0 Å². The smallest absolute Gasteiger partial charge is 0.0738 e. The molecule has 2 rings (SSSR count). The van der Waals surface area contributed by atoms with Gasteiger partial charge in [-0.2, -0.15) is 5.10 Å². The molecule has 3 nitrogen and oxygen atoms in total.